The Morgan fingerprint density at radius 1 is 1.06 bits per heavy atom. The number of hydrogen-bond donors (Lipinski definition) is 1. The normalized spacial score (nSPS) is 11.9. The Labute approximate surface area is 218 Å². The highest BCUT2D eigenvalue weighted by Gasteiger charge is 2.30. The number of unbranched alkanes of at least 4 members (excludes halogenated alkanes) is 1. The van der Waals surface area contributed by atoms with Crippen molar-refractivity contribution in [1.29, 1.82) is 0 Å². The molecule has 9 nitrogen and oxygen atoms in total. The van der Waals surface area contributed by atoms with Gasteiger partial charge in [-0.2, -0.15) is 0 Å². The van der Waals surface area contributed by atoms with E-state index in [1.807, 2.05) is 6.92 Å². The van der Waals surface area contributed by atoms with E-state index >= 15 is 0 Å². The number of hydrogen-bond acceptors (Lipinski definition) is 6. The average molecular weight is 540 g/mol. The number of benzene rings is 2. The van der Waals surface area contributed by atoms with Crippen LogP contribution in [0.25, 0.3) is 0 Å². The summed E-state index contributed by atoms with van der Waals surface area (Å²) in [4.78, 5) is 27.7. The zero-order valence-electron chi connectivity index (χ0n) is 21.3. The van der Waals surface area contributed by atoms with E-state index < -0.39 is 28.5 Å². The van der Waals surface area contributed by atoms with Gasteiger partial charge in [-0.1, -0.05) is 37.1 Å². The first-order chi connectivity index (χ1) is 17.0. The number of nitrogens with zero attached hydrogens (tertiary/aromatic N) is 2. The second kappa shape index (κ2) is 13.4. The van der Waals surface area contributed by atoms with Crippen molar-refractivity contribution >= 4 is 39.1 Å². The molecule has 0 aliphatic heterocycles. The molecule has 198 valence electrons. The first-order valence-electron chi connectivity index (χ1n) is 11.5. The van der Waals surface area contributed by atoms with Gasteiger partial charge in [0, 0.05) is 24.2 Å². The summed E-state index contributed by atoms with van der Waals surface area (Å²) in [5.41, 5.74) is 0.980. The van der Waals surface area contributed by atoms with Gasteiger partial charge in [-0.15, -0.1) is 0 Å². The first kappa shape index (κ1) is 29.3. The molecule has 0 saturated heterocycles. The molecule has 0 heterocycles. The molecule has 0 aliphatic carbocycles. The van der Waals surface area contributed by atoms with E-state index in [9.17, 15) is 18.0 Å². The van der Waals surface area contributed by atoms with Crippen molar-refractivity contribution in [3.63, 3.8) is 0 Å². The van der Waals surface area contributed by atoms with Crippen molar-refractivity contribution in [3.8, 4) is 11.5 Å². The number of ether oxygens (including phenoxy) is 2. The van der Waals surface area contributed by atoms with Crippen LogP contribution in [-0.4, -0.2) is 64.7 Å². The SMILES string of the molecule is CCCCNC(=O)[C@H](C)N(Cc1ccc(Cl)cc1)C(=O)CN(c1ccc(OC)c(OC)c1)S(C)(=O)=O. The van der Waals surface area contributed by atoms with Crippen molar-refractivity contribution < 1.29 is 27.5 Å². The fraction of sp³-hybridized carbons (Fsp3) is 0.440. The van der Waals surface area contributed by atoms with Crippen molar-refractivity contribution in [2.45, 2.75) is 39.3 Å². The minimum Gasteiger partial charge on any atom is -0.493 e. The van der Waals surface area contributed by atoms with E-state index in [4.69, 9.17) is 21.1 Å². The van der Waals surface area contributed by atoms with E-state index in [1.165, 1.54) is 31.3 Å². The van der Waals surface area contributed by atoms with Gasteiger partial charge in [0.1, 0.15) is 12.6 Å². The summed E-state index contributed by atoms with van der Waals surface area (Å²) in [5.74, 6) is -0.119. The molecule has 0 radical (unpaired) electrons. The fourth-order valence-electron chi connectivity index (χ4n) is 3.50. The molecule has 11 heteroatoms. The number of anilines is 1. The van der Waals surface area contributed by atoms with Crippen molar-refractivity contribution in [2.75, 3.05) is 37.9 Å². The lowest BCUT2D eigenvalue weighted by molar-refractivity contribution is -0.139. The summed E-state index contributed by atoms with van der Waals surface area (Å²) in [6.07, 6.45) is 2.74. The summed E-state index contributed by atoms with van der Waals surface area (Å²) in [6.45, 7) is 3.72. The predicted molar refractivity (Wildman–Crippen MR) is 141 cm³/mol. The van der Waals surface area contributed by atoms with Crippen LogP contribution in [0.2, 0.25) is 5.02 Å². The Hall–Kier alpha value is -2.98. The lowest BCUT2D eigenvalue weighted by Gasteiger charge is -2.31. The number of carbonyl (C=O) groups excluding carboxylic acids is 2. The molecule has 2 amide bonds. The van der Waals surface area contributed by atoms with Crippen LogP contribution in [0.1, 0.15) is 32.3 Å². The zero-order valence-corrected chi connectivity index (χ0v) is 22.9. The topological polar surface area (TPSA) is 105 Å². The molecule has 0 bridgehead atoms. The first-order valence-corrected chi connectivity index (χ1v) is 13.8. The molecule has 2 aromatic carbocycles. The number of halogens is 1. The summed E-state index contributed by atoms with van der Waals surface area (Å²) >= 11 is 5.99. The standard InChI is InChI=1S/C25H34ClN3O6S/c1-6-7-14-27-25(31)18(2)28(16-19-8-10-20(26)11-9-19)24(30)17-29(36(5,32)33)21-12-13-22(34-3)23(15-21)35-4/h8-13,15,18H,6-7,14,16-17H2,1-5H3,(H,27,31)/t18-/m0/s1. The fourth-order valence-corrected chi connectivity index (χ4v) is 4.47. The molecule has 0 unspecified atom stereocenters. The van der Waals surface area contributed by atoms with Crippen LogP contribution in [0, 0.1) is 0 Å². The second-order valence-corrected chi connectivity index (χ2v) is 10.6. The summed E-state index contributed by atoms with van der Waals surface area (Å²) in [6, 6.07) is 10.6. The maximum absolute atomic E-state index is 13.6. The van der Waals surface area contributed by atoms with E-state index in [2.05, 4.69) is 5.32 Å². The molecule has 1 atom stereocenters. The van der Waals surface area contributed by atoms with Crippen LogP contribution in [0.15, 0.2) is 42.5 Å². The van der Waals surface area contributed by atoms with Gasteiger partial charge >= 0.3 is 0 Å². The quantitative estimate of drug-likeness (QED) is 0.391. The second-order valence-electron chi connectivity index (χ2n) is 8.28. The van der Waals surface area contributed by atoms with Crippen LogP contribution < -0.4 is 19.1 Å². The molecule has 36 heavy (non-hydrogen) atoms. The molecule has 0 aromatic heterocycles. The highest BCUT2D eigenvalue weighted by molar-refractivity contribution is 7.92. The van der Waals surface area contributed by atoms with Crippen molar-refractivity contribution in [3.05, 3.63) is 53.1 Å². The van der Waals surface area contributed by atoms with Gasteiger partial charge in [-0.3, -0.25) is 13.9 Å². The van der Waals surface area contributed by atoms with Gasteiger partial charge in [-0.25, -0.2) is 8.42 Å². The summed E-state index contributed by atoms with van der Waals surface area (Å²) in [7, 11) is -0.958. The molecule has 0 saturated carbocycles. The Bertz CT molecular complexity index is 1140. The third-order valence-electron chi connectivity index (χ3n) is 5.60. The van der Waals surface area contributed by atoms with Crippen LogP contribution in [0.4, 0.5) is 5.69 Å². The molecule has 0 aliphatic rings. The highest BCUT2D eigenvalue weighted by atomic mass is 35.5. The number of carbonyl (C=O) groups is 2. The third-order valence-corrected chi connectivity index (χ3v) is 6.99. The summed E-state index contributed by atoms with van der Waals surface area (Å²) < 4.78 is 36.9. The maximum Gasteiger partial charge on any atom is 0.244 e. The van der Waals surface area contributed by atoms with Crippen molar-refractivity contribution in [1.82, 2.24) is 10.2 Å². The Balaban J connectivity index is 2.39. The number of amides is 2. The Kier molecular flexibility index (Phi) is 10.9. The third kappa shape index (κ3) is 8.03. The molecule has 0 fully saturated rings. The lowest BCUT2D eigenvalue weighted by Crippen LogP contribution is -2.51. The van der Waals surface area contributed by atoms with Gasteiger partial charge in [-0.05, 0) is 43.2 Å². The molecule has 1 N–H and O–H groups in total. The largest absolute Gasteiger partial charge is 0.493 e. The molecule has 2 aromatic rings. The average Bonchev–Trinajstić information content (AvgIpc) is 2.85. The lowest BCUT2D eigenvalue weighted by atomic mass is 10.1. The zero-order chi connectivity index (χ0) is 26.9. The van der Waals surface area contributed by atoms with Gasteiger partial charge in [0.15, 0.2) is 11.5 Å². The van der Waals surface area contributed by atoms with Gasteiger partial charge in [0.05, 0.1) is 26.2 Å². The van der Waals surface area contributed by atoms with E-state index in [0.717, 1.165) is 29.0 Å². The molecular weight excluding hydrogens is 506 g/mol. The van der Waals surface area contributed by atoms with Crippen LogP contribution in [0.5, 0.6) is 11.5 Å². The number of sulfonamides is 1. The minimum atomic E-state index is -3.86. The maximum atomic E-state index is 13.6. The van der Waals surface area contributed by atoms with Crippen LogP contribution in [0.3, 0.4) is 0 Å². The Morgan fingerprint density at radius 3 is 2.25 bits per heavy atom. The number of rotatable bonds is 13. The minimum absolute atomic E-state index is 0.0991. The summed E-state index contributed by atoms with van der Waals surface area (Å²) in [5, 5.41) is 3.38. The highest BCUT2D eigenvalue weighted by Crippen LogP contribution is 2.32. The number of methoxy groups -OCH3 is 2. The number of nitrogens with one attached hydrogen (secondary N) is 1. The van der Waals surface area contributed by atoms with Gasteiger partial charge in [0.2, 0.25) is 21.8 Å². The van der Waals surface area contributed by atoms with Gasteiger partial charge in [0.25, 0.3) is 0 Å². The monoisotopic (exact) mass is 539 g/mol. The molecule has 0 spiro atoms. The van der Waals surface area contributed by atoms with E-state index in [-0.39, 0.29) is 18.1 Å². The molecule has 2 rings (SSSR count). The Morgan fingerprint density at radius 2 is 1.69 bits per heavy atom. The smallest absolute Gasteiger partial charge is 0.244 e. The predicted octanol–water partition coefficient (Wildman–Crippen LogP) is 3.46. The van der Waals surface area contributed by atoms with Crippen LogP contribution in [-0.2, 0) is 26.2 Å². The van der Waals surface area contributed by atoms with Crippen molar-refractivity contribution in [2.24, 2.45) is 0 Å². The van der Waals surface area contributed by atoms with Gasteiger partial charge < -0.3 is 19.7 Å². The van der Waals surface area contributed by atoms with E-state index in [0.29, 0.717) is 23.1 Å². The molecular formula is C25H34ClN3O6S. The van der Waals surface area contributed by atoms with E-state index in [1.54, 1.807) is 37.3 Å². The van der Waals surface area contributed by atoms with Crippen LogP contribution >= 0.6 is 11.6 Å².